The summed E-state index contributed by atoms with van der Waals surface area (Å²) in [6.45, 7) is 11.2. The fourth-order valence-electron chi connectivity index (χ4n) is 11.1. The number of ether oxygens (including phenoxy) is 3. The molecule has 0 saturated carbocycles. The van der Waals surface area contributed by atoms with Crippen LogP contribution in [0.3, 0.4) is 0 Å². The van der Waals surface area contributed by atoms with Gasteiger partial charge in [0.2, 0.25) is 0 Å². The van der Waals surface area contributed by atoms with Crippen molar-refractivity contribution >= 4 is 63.4 Å². The van der Waals surface area contributed by atoms with Crippen molar-refractivity contribution in [1.82, 2.24) is 29.3 Å². The lowest BCUT2D eigenvalue weighted by molar-refractivity contribution is -0.157. The highest BCUT2D eigenvalue weighted by Gasteiger charge is 2.45. The summed E-state index contributed by atoms with van der Waals surface area (Å²) in [5.41, 5.74) is -0.0429. The van der Waals surface area contributed by atoms with Crippen LogP contribution < -0.4 is 31.0 Å². The van der Waals surface area contributed by atoms with Crippen molar-refractivity contribution in [2.24, 2.45) is 0 Å². The average molecular weight is 1010 g/mol. The number of aliphatic hydroxyl groups excluding tert-OH is 1. The van der Waals surface area contributed by atoms with Gasteiger partial charge in [-0.2, -0.15) is 9.97 Å². The minimum Gasteiger partial charge on any atom is -0.461 e. The van der Waals surface area contributed by atoms with E-state index in [-0.39, 0.29) is 124 Å². The van der Waals surface area contributed by atoms with Crippen LogP contribution in [0.25, 0.3) is 45.3 Å². The zero-order valence-electron chi connectivity index (χ0n) is 40.0. The third-order valence-electron chi connectivity index (χ3n) is 14.9. The number of amides is 2. The second kappa shape index (κ2) is 18.4. The Morgan fingerprint density at radius 3 is 2.47 bits per heavy atom. The monoisotopic (exact) mass is 1010 g/mol. The summed E-state index contributed by atoms with van der Waals surface area (Å²) in [6, 6.07) is 9.19. The van der Waals surface area contributed by atoms with Crippen LogP contribution in [0.5, 0.6) is 6.01 Å². The van der Waals surface area contributed by atoms with Gasteiger partial charge in [0.15, 0.2) is 11.9 Å². The highest BCUT2D eigenvalue weighted by atomic mass is 19.1. The van der Waals surface area contributed by atoms with Gasteiger partial charge in [0.1, 0.15) is 48.6 Å². The largest absolute Gasteiger partial charge is 0.461 e. The molecule has 6 aromatic rings. The fourth-order valence-corrected chi connectivity index (χ4v) is 11.1. The van der Waals surface area contributed by atoms with Gasteiger partial charge in [-0.1, -0.05) is 25.1 Å². The number of carbonyl (C=O) groups is 3. The summed E-state index contributed by atoms with van der Waals surface area (Å²) in [7, 11) is 0. The third kappa shape index (κ3) is 8.06. The normalized spacial score (nSPS) is 18.1. The fraction of sp³-hybridized carbons (Fsp3) is 0.315. The second-order valence-electron chi connectivity index (χ2n) is 19.2. The quantitative estimate of drug-likeness (QED) is 0.0847. The van der Waals surface area contributed by atoms with Crippen molar-refractivity contribution in [2.45, 2.75) is 57.4 Å². The maximum absolute atomic E-state index is 17.0. The van der Waals surface area contributed by atoms with E-state index in [0.29, 0.717) is 22.3 Å². The number of aromatic nitrogens is 4. The molecule has 8 heterocycles. The number of rotatable bonds is 9. The first-order valence-corrected chi connectivity index (χ1v) is 24.0. The van der Waals surface area contributed by atoms with Crippen molar-refractivity contribution in [3.63, 3.8) is 0 Å². The minimum atomic E-state index is -1.63. The molecule has 20 heteroatoms. The summed E-state index contributed by atoms with van der Waals surface area (Å²) in [5, 5.41) is 13.6. The van der Waals surface area contributed by atoms with Crippen LogP contribution in [0.1, 0.15) is 66.5 Å². The van der Waals surface area contributed by atoms with Crippen LogP contribution in [-0.4, -0.2) is 110 Å². The summed E-state index contributed by atoms with van der Waals surface area (Å²) in [5.74, 6) is -2.53. The zero-order valence-corrected chi connectivity index (χ0v) is 40.0. The maximum atomic E-state index is 17.0. The summed E-state index contributed by atoms with van der Waals surface area (Å²) in [4.78, 5) is 71.5. The summed E-state index contributed by atoms with van der Waals surface area (Å²) in [6.07, 6.45) is 6.81. The van der Waals surface area contributed by atoms with E-state index in [9.17, 15) is 28.7 Å². The number of cyclic esters (lactones) is 1. The third-order valence-corrected chi connectivity index (χ3v) is 14.9. The van der Waals surface area contributed by atoms with Crippen molar-refractivity contribution in [2.75, 3.05) is 62.7 Å². The molecule has 5 aliphatic heterocycles. The predicted octanol–water partition coefficient (Wildman–Crippen LogP) is 5.09. The molecule has 378 valence electrons. The molecule has 11 rings (SSSR count). The van der Waals surface area contributed by atoms with Crippen molar-refractivity contribution in [3.8, 4) is 29.7 Å². The number of nitrogens with zero attached hydrogens (tertiary/aromatic N) is 7. The predicted molar refractivity (Wildman–Crippen MR) is 263 cm³/mol. The second-order valence-corrected chi connectivity index (χ2v) is 19.2. The molecule has 3 aromatic heterocycles. The molecule has 5 aliphatic rings. The van der Waals surface area contributed by atoms with Gasteiger partial charge in [0.25, 0.3) is 11.5 Å². The van der Waals surface area contributed by atoms with E-state index in [4.69, 9.17) is 25.6 Å². The summed E-state index contributed by atoms with van der Waals surface area (Å²) < 4.78 is 81.8. The van der Waals surface area contributed by atoms with Crippen LogP contribution in [0.15, 0.2) is 59.4 Å². The lowest BCUT2D eigenvalue weighted by Crippen LogP contribution is -2.49. The van der Waals surface area contributed by atoms with E-state index < -0.39 is 65.1 Å². The van der Waals surface area contributed by atoms with E-state index in [1.165, 1.54) is 34.6 Å². The molecule has 0 radical (unpaired) electrons. The first-order chi connectivity index (χ1) is 35.5. The molecule has 2 N–H and O–H groups in total. The number of anilines is 2. The Balaban J connectivity index is 0.783. The number of terminal acetylenes is 1. The van der Waals surface area contributed by atoms with E-state index in [0.717, 1.165) is 57.0 Å². The number of pyridine rings is 2. The smallest absolute Gasteiger partial charge is 0.412 e. The Hall–Kier alpha value is -8.15. The maximum Gasteiger partial charge on any atom is 0.412 e. The van der Waals surface area contributed by atoms with Crippen LogP contribution in [0.2, 0.25) is 0 Å². The lowest BCUT2D eigenvalue weighted by atomic mass is 9.95. The molecule has 2 amide bonds. The Kier molecular flexibility index (Phi) is 12.0. The van der Waals surface area contributed by atoms with Gasteiger partial charge in [0, 0.05) is 64.9 Å². The van der Waals surface area contributed by atoms with Crippen molar-refractivity contribution in [3.05, 3.63) is 126 Å². The van der Waals surface area contributed by atoms with E-state index in [2.05, 4.69) is 39.3 Å². The van der Waals surface area contributed by atoms with Crippen molar-refractivity contribution in [1.29, 1.82) is 0 Å². The van der Waals surface area contributed by atoms with Crippen LogP contribution >= 0.6 is 0 Å². The number of hydrogen-bond donors (Lipinski definition) is 2. The molecular weight excluding hydrogens is 965 g/mol. The molecule has 0 aliphatic carbocycles. The minimum absolute atomic E-state index is 0.0244. The number of piperazine rings is 1. The molecule has 0 bridgehead atoms. The van der Waals surface area contributed by atoms with Gasteiger partial charge in [-0.15, -0.1) is 6.42 Å². The zero-order chi connectivity index (χ0) is 51.9. The first-order valence-electron chi connectivity index (χ1n) is 24.0. The van der Waals surface area contributed by atoms with E-state index >= 15 is 13.2 Å². The number of halogens is 4. The molecular formula is C54H46F4N8O8. The first kappa shape index (κ1) is 48.1. The number of benzene rings is 3. The standard InChI is InChI=1S/C54H46F4N8O8/c1-5-32-36(55)9-8-27(2)42(32)29(4)43-38(57)20-34-46(44(43)58)61-52(74-26-54-10-6-12-65(54)13-7-11-54)62-48(34)63-14-16-64(17-15-63)49(68)28(3)24-73-53(71)60-40-19-30-18-31-23-66-41(45(31)59-39(30)22-37(40)56)21-33-35(50(66)69)25-72-51(70)47(33)67/h1,8-9,18-22,47,67H,2-3,6-7,10-17,23-26H2,4H3,(H,60,71)/b42-29-. The molecule has 3 saturated heterocycles. The van der Waals surface area contributed by atoms with E-state index in [1.807, 2.05) is 0 Å². The SMILES string of the molecule is C#Cc1c(F)ccc(=C)/c1=C(\C)c1c(F)cc2c(N3CCN(C(=O)C(=C)COC(=O)Nc4cc5cc6c(nc5cc4F)-c4cc5c(c(=O)n4C6)COC(=O)C5O)CC3)nc(OCC34CCCN3CCC4)nc2c1F. The Morgan fingerprint density at radius 1 is 0.973 bits per heavy atom. The van der Waals surface area contributed by atoms with Gasteiger partial charge >= 0.3 is 18.1 Å². The van der Waals surface area contributed by atoms with Crippen molar-refractivity contribution < 1.29 is 51.3 Å². The highest BCUT2D eigenvalue weighted by Crippen LogP contribution is 2.41. The average Bonchev–Trinajstić information content (AvgIpc) is 4.09. The molecule has 3 fully saturated rings. The molecule has 1 atom stereocenters. The molecule has 3 aromatic carbocycles. The Morgan fingerprint density at radius 2 is 1.73 bits per heavy atom. The number of hydrogen-bond acceptors (Lipinski definition) is 13. The van der Waals surface area contributed by atoms with Crippen LogP contribution in [0.4, 0.5) is 33.9 Å². The van der Waals surface area contributed by atoms with Gasteiger partial charge in [-0.25, -0.2) is 32.1 Å². The number of nitrogens with one attached hydrogen (secondary N) is 1. The Labute approximate surface area is 419 Å². The van der Waals surface area contributed by atoms with Gasteiger partial charge in [-0.3, -0.25) is 19.8 Å². The molecule has 74 heavy (non-hydrogen) atoms. The topological polar surface area (TPSA) is 182 Å². The molecule has 1 unspecified atom stereocenters. The van der Waals surface area contributed by atoms with Crippen LogP contribution in [-0.2, 0) is 32.2 Å². The van der Waals surface area contributed by atoms with Gasteiger partial charge in [0.05, 0.1) is 51.4 Å². The number of fused-ring (bicyclic) bond motifs is 7. The Bertz CT molecular complexity index is 3690. The van der Waals surface area contributed by atoms with Gasteiger partial charge in [-0.05, 0) is 86.8 Å². The summed E-state index contributed by atoms with van der Waals surface area (Å²) >= 11 is 0. The molecule has 16 nitrogen and oxygen atoms in total. The number of esters is 1. The number of aliphatic hydroxyl groups is 1. The highest BCUT2D eigenvalue weighted by molar-refractivity contribution is 5.96. The number of carbonyl (C=O) groups excluding carboxylic acids is 3. The lowest BCUT2D eigenvalue weighted by Gasteiger charge is -2.36. The molecule has 0 spiro atoms. The van der Waals surface area contributed by atoms with Gasteiger partial charge < -0.3 is 33.7 Å². The van der Waals surface area contributed by atoms with E-state index in [1.54, 1.807) is 11.0 Å². The van der Waals surface area contributed by atoms with Crippen LogP contribution in [0, 0.1) is 35.6 Å².